The van der Waals surface area contributed by atoms with Gasteiger partial charge in [-0.25, -0.2) is 0 Å². The molecule has 0 spiro atoms. The number of hydrogen-bond donors (Lipinski definition) is 2. The number of amides is 1. The zero-order valence-electron chi connectivity index (χ0n) is 6.04. The lowest BCUT2D eigenvalue weighted by Gasteiger charge is -2.29. The maximum Gasteiger partial charge on any atom is 0.224 e. The van der Waals surface area contributed by atoms with Crippen LogP contribution in [-0.2, 0) is 9.59 Å². The van der Waals surface area contributed by atoms with Crippen molar-refractivity contribution in [3.8, 4) is 0 Å². The lowest BCUT2D eigenvalue weighted by Crippen LogP contribution is -2.33. The van der Waals surface area contributed by atoms with E-state index >= 15 is 0 Å². The van der Waals surface area contributed by atoms with Gasteiger partial charge >= 0.3 is 0 Å². The van der Waals surface area contributed by atoms with Crippen LogP contribution in [0, 0.1) is 12.0 Å². The summed E-state index contributed by atoms with van der Waals surface area (Å²) in [4.78, 5) is 21.2. The van der Waals surface area contributed by atoms with Crippen LogP contribution >= 0.6 is 0 Å². The van der Waals surface area contributed by atoms with E-state index in [2.05, 4.69) is 0 Å². The van der Waals surface area contributed by atoms with Crippen LogP contribution in [0.3, 0.4) is 0 Å². The highest BCUT2D eigenvalue weighted by atomic mass is 16.3. The number of primary amides is 1. The average Bonchev–Trinajstić information content (AvgIpc) is 1.82. The van der Waals surface area contributed by atoms with Gasteiger partial charge in [0, 0.05) is 5.92 Å². The Kier molecular flexibility index (Phi) is 2.24. The van der Waals surface area contributed by atoms with Crippen molar-refractivity contribution < 1.29 is 14.7 Å². The van der Waals surface area contributed by atoms with Gasteiger partial charge in [-0.15, -0.1) is 0 Å². The topological polar surface area (TPSA) is 80.4 Å². The van der Waals surface area contributed by atoms with Gasteiger partial charge in [0.15, 0.2) is 0 Å². The number of carbonyl (C=O) groups excluding carboxylic acids is 2. The quantitative estimate of drug-likeness (QED) is 0.552. The monoisotopic (exact) mass is 156 g/mol. The minimum Gasteiger partial charge on any atom is -0.386 e. The van der Waals surface area contributed by atoms with Gasteiger partial charge in [-0.1, -0.05) is 0 Å². The first-order chi connectivity index (χ1) is 5.11. The van der Waals surface area contributed by atoms with Crippen molar-refractivity contribution >= 4 is 11.7 Å². The van der Waals surface area contributed by atoms with E-state index in [0.717, 1.165) is 0 Å². The van der Waals surface area contributed by atoms with Gasteiger partial charge in [-0.05, 0) is 12.8 Å². The number of rotatable bonds is 3. The van der Waals surface area contributed by atoms with Crippen LogP contribution in [-0.4, -0.2) is 16.8 Å². The lowest BCUT2D eigenvalue weighted by atomic mass is 9.78. The molecule has 1 amide bonds. The summed E-state index contributed by atoms with van der Waals surface area (Å²) in [5, 5.41) is 8.93. The Morgan fingerprint density at radius 1 is 1.64 bits per heavy atom. The van der Waals surface area contributed by atoms with Crippen LogP contribution in [0.25, 0.3) is 0 Å². The number of ketones is 1. The van der Waals surface area contributed by atoms with Crippen molar-refractivity contribution in [2.45, 2.75) is 19.3 Å². The minimum absolute atomic E-state index is 0.191. The largest absolute Gasteiger partial charge is 0.386 e. The summed E-state index contributed by atoms with van der Waals surface area (Å²) < 4.78 is 0. The zero-order chi connectivity index (χ0) is 8.43. The van der Waals surface area contributed by atoms with Crippen LogP contribution in [0.2, 0.25) is 0 Å². The molecule has 1 saturated carbocycles. The molecule has 0 bridgehead atoms. The van der Waals surface area contributed by atoms with Crippen molar-refractivity contribution in [2.75, 3.05) is 0 Å². The van der Waals surface area contributed by atoms with E-state index in [-0.39, 0.29) is 18.3 Å². The third-order valence-electron chi connectivity index (χ3n) is 1.83. The first kappa shape index (κ1) is 8.20. The molecule has 1 aliphatic carbocycles. The Hall–Kier alpha value is -0.900. The molecule has 1 atom stereocenters. The predicted molar refractivity (Wildman–Crippen MR) is 36.7 cm³/mol. The molecule has 0 heterocycles. The van der Waals surface area contributed by atoms with Gasteiger partial charge in [0.1, 0.15) is 11.9 Å². The van der Waals surface area contributed by atoms with Crippen LogP contribution in [0.4, 0.5) is 0 Å². The van der Waals surface area contributed by atoms with Gasteiger partial charge < -0.3 is 10.8 Å². The Morgan fingerprint density at radius 2 is 2.27 bits per heavy atom. The molecule has 1 radical (unpaired) electrons. The first-order valence-corrected chi connectivity index (χ1v) is 3.47. The van der Waals surface area contributed by atoms with Gasteiger partial charge in [0.2, 0.25) is 5.91 Å². The van der Waals surface area contributed by atoms with E-state index in [0.29, 0.717) is 12.8 Å². The number of Topliss-reactive ketones (excluding diaryl/α,β-unsaturated/α-hetero) is 1. The maximum absolute atomic E-state index is 11.0. The Balaban J connectivity index is 2.36. The van der Waals surface area contributed by atoms with Crippen molar-refractivity contribution in [3.63, 3.8) is 0 Å². The summed E-state index contributed by atoms with van der Waals surface area (Å²) in [6.07, 6.45) is 1.17. The Morgan fingerprint density at radius 3 is 2.55 bits per heavy atom. The standard InChI is InChI=1S/C7H10NO3/c8-7(11)3-6(10)4-1-2-5(4)9/h4,9H,1-3H2,(H2,8,11). The fourth-order valence-corrected chi connectivity index (χ4v) is 1.06. The summed E-state index contributed by atoms with van der Waals surface area (Å²) in [7, 11) is 0. The van der Waals surface area contributed by atoms with Gasteiger partial charge in [-0.2, -0.15) is 0 Å². The number of nitrogens with two attached hydrogens (primary N) is 1. The first-order valence-electron chi connectivity index (χ1n) is 3.47. The highest BCUT2D eigenvalue weighted by Crippen LogP contribution is 2.34. The molecule has 0 aromatic rings. The highest BCUT2D eigenvalue weighted by Gasteiger charge is 2.36. The van der Waals surface area contributed by atoms with Crippen LogP contribution in [0.5, 0.6) is 0 Å². The summed E-state index contributed by atoms with van der Waals surface area (Å²) in [5.74, 6) is -1.31. The molecule has 0 aromatic carbocycles. The van der Waals surface area contributed by atoms with Gasteiger partial charge in [-0.3, -0.25) is 9.59 Å². The van der Waals surface area contributed by atoms with E-state index in [1.165, 1.54) is 0 Å². The molecule has 4 nitrogen and oxygen atoms in total. The summed E-state index contributed by atoms with van der Waals surface area (Å²) in [5.41, 5.74) is 4.80. The molecule has 0 aromatic heterocycles. The molecular weight excluding hydrogens is 146 g/mol. The molecule has 0 saturated heterocycles. The molecule has 3 N–H and O–H groups in total. The molecular formula is C7H10NO3. The van der Waals surface area contributed by atoms with E-state index < -0.39 is 11.8 Å². The third kappa shape index (κ3) is 1.77. The normalized spacial score (nSPS) is 24.3. The second kappa shape index (κ2) is 3.00. The van der Waals surface area contributed by atoms with E-state index in [1.54, 1.807) is 0 Å². The van der Waals surface area contributed by atoms with Crippen LogP contribution in [0.1, 0.15) is 19.3 Å². The lowest BCUT2D eigenvalue weighted by molar-refractivity contribution is -0.131. The number of aliphatic hydroxyl groups is 1. The van der Waals surface area contributed by atoms with Crippen molar-refractivity contribution in [3.05, 3.63) is 6.10 Å². The molecule has 61 valence electrons. The zero-order valence-corrected chi connectivity index (χ0v) is 6.04. The van der Waals surface area contributed by atoms with E-state index in [1.807, 2.05) is 0 Å². The van der Waals surface area contributed by atoms with Crippen molar-refractivity contribution in [1.82, 2.24) is 0 Å². The summed E-state index contributed by atoms with van der Waals surface area (Å²) >= 11 is 0. The Bertz CT molecular complexity index is 190. The smallest absolute Gasteiger partial charge is 0.224 e. The second-order valence-electron chi connectivity index (χ2n) is 2.69. The van der Waals surface area contributed by atoms with Crippen LogP contribution in [0.15, 0.2) is 0 Å². The second-order valence-corrected chi connectivity index (χ2v) is 2.69. The minimum atomic E-state index is -0.630. The van der Waals surface area contributed by atoms with Crippen molar-refractivity contribution in [1.29, 1.82) is 0 Å². The number of aliphatic hydroxyl groups excluding tert-OH is 1. The fourth-order valence-electron chi connectivity index (χ4n) is 1.06. The molecule has 1 rings (SSSR count). The number of hydrogen-bond acceptors (Lipinski definition) is 3. The van der Waals surface area contributed by atoms with Crippen molar-refractivity contribution in [2.24, 2.45) is 11.7 Å². The Labute approximate surface area is 64.4 Å². The van der Waals surface area contributed by atoms with E-state index in [9.17, 15) is 9.59 Å². The van der Waals surface area contributed by atoms with Gasteiger partial charge in [0.25, 0.3) is 0 Å². The molecule has 0 aliphatic heterocycles. The molecule has 1 fully saturated rings. The fraction of sp³-hybridized carbons (Fsp3) is 0.571. The van der Waals surface area contributed by atoms with Crippen LogP contribution < -0.4 is 5.73 Å². The highest BCUT2D eigenvalue weighted by molar-refractivity contribution is 5.99. The maximum atomic E-state index is 11.0. The predicted octanol–water partition coefficient (Wildman–Crippen LogP) is -0.255. The average molecular weight is 156 g/mol. The molecule has 1 unspecified atom stereocenters. The molecule has 11 heavy (non-hydrogen) atoms. The summed E-state index contributed by atoms with van der Waals surface area (Å²) in [6.45, 7) is 0. The summed E-state index contributed by atoms with van der Waals surface area (Å²) in [6, 6.07) is 0. The number of carbonyl (C=O) groups is 2. The van der Waals surface area contributed by atoms with Gasteiger partial charge in [0.05, 0.1) is 6.42 Å². The van der Waals surface area contributed by atoms with E-state index in [4.69, 9.17) is 10.8 Å². The SMILES string of the molecule is NC(=O)CC(=O)C1CC[C]1O. The molecule has 4 heteroatoms. The molecule has 1 aliphatic rings. The third-order valence-corrected chi connectivity index (χ3v) is 1.83.